The summed E-state index contributed by atoms with van der Waals surface area (Å²) in [7, 11) is 0. The average molecular weight is 371 g/mol. The normalized spacial score (nSPS) is 20.9. The van der Waals surface area contributed by atoms with Crippen LogP contribution in [0.4, 0.5) is 0 Å². The molecule has 0 spiro atoms. The van der Waals surface area contributed by atoms with Crippen LogP contribution in [0, 0.1) is 18.8 Å². The summed E-state index contributed by atoms with van der Waals surface area (Å²) in [4.78, 5) is 31.5. The summed E-state index contributed by atoms with van der Waals surface area (Å²) in [5.41, 5.74) is 0.672. The van der Waals surface area contributed by atoms with Crippen molar-refractivity contribution < 1.29 is 14.7 Å². The zero-order valence-electron chi connectivity index (χ0n) is 12.6. The van der Waals surface area contributed by atoms with Gasteiger partial charge >= 0.3 is 5.97 Å². The monoisotopic (exact) mass is 370 g/mol. The first-order valence-corrected chi connectivity index (χ1v) is 9.13. The highest BCUT2D eigenvalue weighted by molar-refractivity contribution is 7.24. The highest BCUT2D eigenvalue weighted by atomic mass is 35.5. The molecule has 1 amide bonds. The molecule has 3 rings (SSSR count). The minimum atomic E-state index is -0.845. The van der Waals surface area contributed by atoms with Gasteiger partial charge in [-0.3, -0.25) is 9.59 Å². The van der Waals surface area contributed by atoms with Gasteiger partial charge in [0, 0.05) is 13.1 Å². The van der Waals surface area contributed by atoms with Gasteiger partial charge in [-0.15, -0.1) is 22.7 Å². The number of rotatable bonds is 3. The Bertz CT molecular complexity index is 771. The molecule has 2 atom stereocenters. The standard InChI is InChI=1S/C15H15ClN2O3S2/c1-7-5-18(6-9(7)15(20)21)14(19)12-8(2)17-13(23-12)10-3-4-11(16)22-10/h3-4,7,9H,5-6H2,1-2H3,(H,20,21)/t7-,9-/m1/s1. The largest absolute Gasteiger partial charge is 0.481 e. The lowest BCUT2D eigenvalue weighted by atomic mass is 9.99. The van der Waals surface area contributed by atoms with Crippen LogP contribution in [0.15, 0.2) is 12.1 Å². The van der Waals surface area contributed by atoms with E-state index in [-0.39, 0.29) is 18.4 Å². The molecule has 0 unspecified atom stereocenters. The van der Waals surface area contributed by atoms with Gasteiger partial charge in [0.1, 0.15) is 9.88 Å². The number of halogens is 1. The third kappa shape index (κ3) is 3.13. The van der Waals surface area contributed by atoms with Crippen LogP contribution in [-0.4, -0.2) is 40.0 Å². The summed E-state index contributed by atoms with van der Waals surface area (Å²) in [6.07, 6.45) is 0. The molecule has 0 aliphatic carbocycles. The first-order valence-electron chi connectivity index (χ1n) is 7.12. The number of hydrogen-bond donors (Lipinski definition) is 1. The summed E-state index contributed by atoms with van der Waals surface area (Å²) in [5.74, 6) is -1.52. The second kappa shape index (κ2) is 6.22. The molecule has 1 aliphatic heterocycles. The molecule has 0 radical (unpaired) electrons. The van der Waals surface area contributed by atoms with E-state index < -0.39 is 11.9 Å². The Morgan fingerprint density at radius 2 is 2.09 bits per heavy atom. The van der Waals surface area contributed by atoms with Crippen LogP contribution in [0.2, 0.25) is 4.34 Å². The highest BCUT2D eigenvalue weighted by Gasteiger charge is 2.38. The van der Waals surface area contributed by atoms with Gasteiger partial charge in [-0.05, 0) is 25.0 Å². The van der Waals surface area contributed by atoms with E-state index in [0.717, 1.165) is 9.88 Å². The molecule has 8 heteroatoms. The Kier molecular flexibility index (Phi) is 4.44. The average Bonchev–Trinajstić information content (AvgIpc) is 3.16. The molecule has 2 aromatic rings. The van der Waals surface area contributed by atoms with Crippen LogP contribution in [0.25, 0.3) is 9.88 Å². The maximum absolute atomic E-state index is 12.7. The third-order valence-corrected chi connectivity index (χ3v) is 6.54. The van der Waals surface area contributed by atoms with E-state index in [9.17, 15) is 14.7 Å². The van der Waals surface area contributed by atoms with Gasteiger partial charge in [0.25, 0.3) is 5.91 Å². The number of amides is 1. The molecule has 122 valence electrons. The van der Waals surface area contributed by atoms with E-state index in [1.54, 1.807) is 17.9 Å². The van der Waals surface area contributed by atoms with E-state index in [2.05, 4.69) is 4.98 Å². The Morgan fingerprint density at radius 1 is 1.35 bits per heavy atom. The molecule has 2 aromatic heterocycles. The number of thiazole rings is 1. The highest BCUT2D eigenvalue weighted by Crippen LogP contribution is 2.36. The van der Waals surface area contributed by atoms with Crippen molar-refractivity contribution in [3.63, 3.8) is 0 Å². The smallest absolute Gasteiger partial charge is 0.308 e. The van der Waals surface area contributed by atoms with Gasteiger partial charge in [0.05, 0.1) is 20.8 Å². The molecule has 0 bridgehead atoms. The molecule has 1 saturated heterocycles. The first-order chi connectivity index (χ1) is 10.9. The van der Waals surface area contributed by atoms with Crippen molar-refractivity contribution >= 4 is 46.2 Å². The third-order valence-electron chi connectivity index (χ3n) is 3.99. The van der Waals surface area contributed by atoms with Crippen molar-refractivity contribution in [3.05, 3.63) is 27.0 Å². The number of aromatic nitrogens is 1. The quantitative estimate of drug-likeness (QED) is 0.895. The molecule has 1 fully saturated rings. The molecular weight excluding hydrogens is 356 g/mol. The Morgan fingerprint density at radius 3 is 2.65 bits per heavy atom. The minimum absolute atomic E-state index is 0.0414. The van der Waals surface area contributed by atoms with Crippen molar-refractivity contribution in [2.45, 2.75) is 13.8 Å². The maximum atomic E-state index is 12.7. The van der Waals surface area contributed by atoms with E-state index >= 15 is 0 Å². The SMILES string of the molecule is Cc1nc(-c2ccc(Cl)s2)sc1C(=O)N1C[C@@H](C)[C@H](C(=O)O)C1. The fourth-order valence-electron chi connectivity index (χ4n) is 2.73. The second-order valence-electron chi connectivity index (χ2n) is 5.67. The van der Waals surface area contributed by atoms with E-state index in [1.807, 2.05) is 13.0 Å². The van der Waals surface area contributed by atoms with Gasteiger partial charge in [0.15, 0.2) is 0 Å². The fraction of sp³-hybridized carbons (Fsp3) is 0.400. The summed E-state index contributed by atoms with van der Waals surface area (Å²) in [6, 6.07) is 3.69. The molecule has 0 saturated carbocycles. The number of nitrogens with zero attached hydrogens (tertiary/aromatic N) is 2. The Balaban J connectivity index is 1.83. The van der Waals surface area contributed by atoms with Crippen molar-refractivity contribution in [1.29, 1.82) is 0 Å². The predicted molar refractivity (Wildman–Crippen MR) is 91.4 cm³/mol. The van der Waals surface area contributed by atoms with Crippen LogP contribution in [0.3, 0.4) is 0 Å². The summed E-state index contributed by atoms with van der Waals surface area (Å²) < 4.78 is 0.679. The Labute approximate surface area is 146 Å². The van der Waals surface area contributed by atoms with Crippen molar-refractivity contribution in [1.82, 2.24) is 9.88 Å². The minimum Gasteiger partial charge on any atom is -0.481 e. The number of aliphatic carboxylic acids is 1. The molecule has 1 aliphatic rings. The van der Waals surface area contributed by atoms with E-state index in [0.29, 0.717) is 21.5 Å². The molecule has 23 heavy (non-hydrogen) atoms. The zero-order valence-corrected chi connectivity index (χ0v) is 15.0. The van der Waals surface area contributed by atoms with Gasteiger partial charge in [0.2, 0.25) is 0 Å². The topological polar surface area (TPSA) is 70.5 Å². The molecule has 0 aromatic carbocycles. The van der Waals surface area contributed by atoms with Crippen molar-refractivity contribution in [2.75, 3.05) is 13.1 Å². The van der Waals surface area contributed by atoms with Gasteiger partial charge in [-0.25, -0.2) is 4.98 Å². The molecule has 5 nitrogen and oxygen atoms in total. The first kappa shape index (κ1) is 16.4. The number of likely N-dealkylation sites (tertiary alicyclic amines) is 1. The summed E-state index contributed by atoms with van der Waals surface area (Å²) >= 11 is 8.71. The number of aryl methyl sites for hydroxylation is 1. The van der Waals surface area contributed by atoms with E-state index in [4.69, 9.17) is 11.6 Å². The number of carboxylic acids is 1. The lowest BCUT2D eigenvalue weighted by Gasteiger charge is -2.14. The van der Waals surface area contributed by atoms with Crippen LogP contribution in [-0.2, 0) is 4.79 Å². The lowest BCUT2D eigenvalue weighted by molar-refractivity contribution is -0.142. The van der Waals surface area contributed by atoms with E-state index in [1.165, 1.54) is 22.7 Å². The van der Waals surface area contributed by atoms with Crippen LogP contribution >= 0.6 is 34.3 Å². The zero-order chi connectivity index (χ0) is 16.7. The number of carbonyl (C=O) groups is 2. The molecular formula is C15H15ClN2O3S2. The number of carbonyl (C=O) groups excluding carboxylic acids is 1. The van der Waals surface area contributed by atoms with Gasteiger partial charge in [-0.2, -0.15) is 0 Å². The molecule has 1 N–H and O–H groups in total. The molecule has 3 heterocycles. The van der Waals surface area contributed by atoms with Crippen LogP contribution in [0.1, 0.15) is 22.3 Å². The number of carboxylic acid groups (broad SMARTS) is 1. The Hall–Kier alpha value is -1.44. The fourth-order valence-corrected chi connectivity index (χ4v) is 4.86. The summed E-state index contributed by atoms with van der Waals surface area (Å²) in [6.45, 7) is 4.39. The summed E-state index contributed by atoms with van der Waals surface area (Å²) in [5, 5.41) is 9.97. The van der Waals surface area contributed by atoms with Crippen molar-refractivity contribution in [2.24, 2.45) is 11.8 Å². The number of hydrogen-bond acceptors (Lipinski definition) is 5. The lowest BCUT2D eigenvalue weighted by Crippen LogP contribution is -2.29. The van der Waals surface area contributed by atoms with Gasteiger partial charge in [-0.1, -0.05) is 18.5 Å². The number of thiophene rings is 1. The van der Waals surface area contributed by atoms with Gasteiger partial charge < -0.3 is 10.0 Å². The van der Waals surface area contributed by atoms with Crippen molar-refractivity contribution in [3.8, 4) is 9.88 Å². The maximum Gasteiger partial charge on any atom is 0.308 e. The van der Waals surface area contributed by atoms with Crippen LogP contribution < -0.4 is 0 Å². The van der Waals surface area contributed by atoms with Crippen LogP contribution in [0.5, 0.6) is 0 Å². The predicted octanol–water partition coefficient (Wildman–Crippen LogP) is 3.63. The second-order valence-corrected chi connectivity index (χ2v) is 8.38.